The fourth-order valence-electron chi connectivity index (χ4n) is 1.88. The highest BCUT2D eigenvalue weighted by Gasteiger charge is 2.18. The summed E-state index contributed by atoms with van der Waals surface area (Å²) >= 11 is 0. The first-order valence-corrected chi connectivity index (χ1v) is 6.24. The van der Waals surface area contributed by atoms with Gasteiger partial charge in [-0.3, -0.25) is 4.79 Å². The summed E-state index contributed by atoms with van der Waals surface area (Å²) in [4.78, 5) is 14.0. The molecule has 0 spiro atoms. The van der Waals surface area contributed by atoms with Crippen molar-refractivity contribution in [2.75, 3.05) is 13.1 Å². The van der Waals surface area contributed by atoms with E-state index >= 15 is 0 Å². The minimum absolute atomic E-state index is 0.0765. The van der Waals surface area contributed by atoms with Crippen LogP contribution in [0.4, 0.5) is 4.39 Å². The van der Waals surface area contributed by atoms with Gasteiger partial charge in [-0.15, -0.1) is 0 Å². The maximum atomic E-state index is 13.3. The van der Waals surface area contributed by atoms with Gasteiger partial charge in [-0.05, 0) is 57.5 Å². The van der Waals surface area contributed by atoms with Gasteiger partial charge in [0.2, 0.25) is 0 Å². The summed E-state index contributed by atoms with van der Waals surface area (Å²) in [5.74, 6) is -0.512. The fourth-order valence-corrected chi connectivity index (χ4v) is 1.88. The second-order valence-electron chi connectivity index (χ2n) is 4.75. The number of benzene rings is 1. The lowest BCUT2D eigenvalue weighted by Gasteiger charge is -2.26. The van der Waals surface area contributed by atoms with Gasteiger partial charge in [-0.2, -0.15) is 0 Å². The van der Waals surface area contributed by atoms with E-state index in [0.717, 1.165) is 12.0 Å². The van der Waals surface area contributed by atoms with E-state index in [1.165, 1.54) is 12.1 Å². The van der Waals surface area contributed by atoms with Crippen LogP contribution < -0.4 is 5.73 Å². The van der Waals surface area contributed by atoms with Crippen LogP contribution in [0, 0.1) is 12.7 Å². The molecule has 0 bridgehead atoms. The van der Waals surface area contributed by atoms with E-state index in [2.05, 4.69) is 0 Å². The standard InChI is InChI=1S/C14H21FN2O/c1-10(2)17(6-4-5-16)14(18)12-7-11(3)8-13(15)9-12/h7-10H,4-6,16H2,1-3H3. The normalized spacial score (nSPS) is 10.8. The first-order chi connectivity index (χ1) is 8.45. The van der Waals surface area contributed by atoms with Gasteiger partial charge in [-0.25, -0.2) is 4.39 Å². The van der Waals surface area contributed by atoms with Gasteiger partial charge in [0.25, 0.3) is 5.91 Å². The molecule has 0 aliphatic carbocycles. The molecule has 0 saturated heterocycles. The van der Waals surface area contributed by atoms with E-state index in [-0.39, 0.29) is 17.8 Å². The van der Waals surface area contributed by atoms with Crippen molar-refractivity contribution < 1.29 is 9.18 Å². The molecule has 0 saturated carbocycles. The lowest BCUT2D eigenvalue weighted by molar-refractivity contribution is 0.0704. The Bertz CT molecular complexity index is 398. The molecule has 0 aromatic heterocycles. The lowest BCUT2D eigenvalue weighted by Crippen LogP contribution is -2.38. The summed E-state index contributed by atoms with van der Waals surface area (Å²) in [5, 5.41) is 0. The molecule has 100 valence electrons. The highest BCUT2D eigenvalue weighted by atomic mass is 19.1. The predicted octanol–water partition coefficient (Wildman–Crippen LogP) is 2.33. The highest BCUT2D eigenvalue weighted by Crippen LogP contribution is 2.13. The van der Waals surface area contributed by atoms with Crippen LogP contribution in [0.1, 0.15) is 36.2 Å². The molecule has 4 heteroatoms. The molecule has 1 aromatic rings. The second-order valence-corrected chi connectivity index (χ2v) is 4.75. The van der Waals surface area contributed by atoms with Gasteiger partial charge in [0.1, 0.15) is 5.82 Å². The van der Waals surface area contributed by atoms with E-state index in [0.29, 0.717) is 18.7 Å². The number of rotatable bonds is 5. The number of amides is 1. The SMILES string of the molecule is Cc1cc(F)cc(C(=O)N(CCCN)C(C)C)c1. The Kier molecular flexibility index (Phi) is 5.28. The molecular formula is C14H21FN2O. The van der Waals surface area contributed by atoms with Crippen molar-refractivity contribution in [1.29, 1.82) is 0 Å². The first-order valence-electron chi connectivity index (χ1n) is 6.24. The Morgan fingerprint density at radius 2 is 2.06 bits per heavy atom. The van der Waals surface area contributed by atoms with Gasteiger partial charge in [0.05, 0.1) is 0 Å². The lowest BCUT2D eigenvalue weighted by atomic mass is 10.1. The number of hydrogen-bond donors (Lipinski definition) is 1. The summed E-state index contributed by atoms with van der Waals surface area (Å²) in [6.07, 6.45) is 0.748. The quantitative estimate of drug-likeness (QED) is 0.874. The Morgan fingerprint density at radius 3 is 2.56 bits per heavy atom. The maximum Gasteiger partial charge on any atom is 0.254 e. The van der Waals surface area contributed by atoms with Crippen molar-refractivity contribution in [2.45, 2.75) is 33.2 Å². The van der Waals surface area contributed by atoms with Crippen LogP contribution in [-0.2, 0) is 0 Å². The van der Waals surface area contributed by atoms with Crippen LogP contribution in [0.5, 0.6) is 0 Å². The zero-order valence-electron chi connectivity index (χ0n) is 11.2. The zero-order valence-corrected chi connectivity index (χ0v) is 11.2. The minimum Gasteiger partial charge on any atom is -0.336 e. The fraction of sp³-hybridized carbons (Fsp3) is 0.500. The molecule has 1 amide bonds. The molecule has 0 fully saturated rings. The van der Waals surface area contributed by atoms with Crippen molar-refractivity contribution in [3.8, 4) is 0 Å². The molecule has 1 aromatic carbocycles. The molecule has 0 aliphatic heterocycles. The number of carbonyl (C=O) groups is 1. The largest absolute Gasteiger partial charge is 0.336 e. The van der Waals surface area contributed by atoms with Gasteiger partial charge < -0.3 is 10.6 Å². The van der Waals surface area contributed by atoms with Crippen LogP contribution in [0.15, 0.2) is 18.2 Å². The third-order valence-electron chi connectivity index (χ3n) is 2.78. The molecular weight excluding hydrogens is 231 g/mol. The molecule has 0 radical (unpaired) electrons. The molecule has 0 atom stereocenters. The minimum atomic E-state index is -0.374. The Hall–Kier alpha value is -1.42. The smallest absolute Gasteiger partial charge is 0.254 e. The Morgan fingerprint density at radius 1 is 1.39 bits per heavy atom. The summed E-state index contributed by atoms with van der Waals surface area (Å²) in [6, 6.07) is 4.49. The average molecular weight is 252 g/mol. The van der Waals surface area contributed by atoms with Gasteiger partial charge in [0, 0.05) is 18.2 Å². The predicted molar refractivity (Wildman–Crippen MR) is 71.0 cm³/mol. The molecule has 0 unspecified atom stereocenters. The van der Waals surface area contributed by atoms with Crippen molar-refractivity contribution >= 4 is 5.91 Å². The molecule has 2 N–H and O–H groups in total. The number of halogens is 1. The number of aryl methyl sites for hydroxylation is 1. The third kappa shape index (κ3) is 3.81. The van der Waals surface area contributed by atoms with Crippen LogP contribution in [0.3, 0.4) is 0 Å². The second kappa shape index (κ2) is 6.50. The van der Waals surface area contributed by atoms with Crippen molar-refractivity contribution in [3.05, 3.63) is 35.1 Å². The summed E-state index contributed by atoms with van der Waals surface area (Å²) in [7, 11) is 0. The number of hydrogen-bond acceptors (Lipinski definition) is 2. The van der Waals surface area contributed by atoms with Gasteiger partial charge in [-0.1, -0.05) is 0 Å². The van der Waals surface area contributed by atoms with E-state index in [4.69, 9.17) is 5.73 Å². The monoisotopic (exact) mass is 252 g/mol. The molecule has 1 rings (SSSR count). The van der Waals surface area contributed by atoms with Crippen molar-refractivity contribution in [3.63, 3.8) is 0 Å². The van der Waals surface area contributed by atoms with E-state index in [9.17, 15) is 9.18 Å². The Labute approximate surface area is 108 Å². The number of nitrogens with zero attached hydrogens (tertiary/aromatic N) is 1. The highest BCUT2D eigenvalue weighted by molar-refractivity contribution is 5.94. The molecule has 3 nitrogen and oxygen atoms in total. The van der Waals surface area contributed by atoms with Gasteiger partial charge >= 0.3 is 0 Å². The summed E-state index contributed by atoms with van der Waals surface area (Å²) in [5.41, 5.74) is 6.62. The zero-order chi connectivity index (χ0) is 13.7. The van der Waals surface area contributed by atoms with Crippen LogP contribution in [0.2, 0.25) is 0 Å². The van der Waals surface area contributed by atoms with E-state index < -0.39 is 0 Å². The van der Waals surface area contributed by atoms with Crippen LogP contribution in [-0.4, -0.2) is 29.9 Å². The Balaban J connectivity index is 2.94. The van der Waals surface area contributed by atoms with E-state index in [1.807, 2.05) is 13.8 Å². The molecule has 0 heterocycles. The maximum absolute atomic E-state index is 13.3. The summed E-state index contributed by atoms with van der Waals surface area (Å²) in [6.45, 7) is 6.81. The summed E-state index contributed by atoms with van der Waals surface area (Å²) < 4.78 is 13.3. The topological polar surface area (TPSA) is 46.3 Å². The van der Waals surface area contributed by atoms with E-state index in [1.54, 1.807) is 17.9 Å². The van der Waals surface area contributed by atoms with Gasteiger partial charge in [0.15, 0.2) is 0 Å². The average Bonchev–Trinajstić information content (AvgIpc) is 2.27. The third-order valence-corrected chi connectivity index (χ3v) is 2.78. The number of nitrogens with two attached hydrogens (primary N) is 1. The van der Waals surface area contributed by atoms with Crippen LogP contribution in [0.25, 0.3) is 0 Å². The van der Waals surface area contributed by atoms with Crippen molar-refractivity contribution in [2.24, 2.45) is 5.73 Å². The molecule has 18 heavy (non-hydrogen) atoms. The number of carbonyl (C=O) groups excluding carboxylic acids is 1. The first kappa shape index (κ1) is 14.6. The molecule has 0 aliphatic rings. The van der Waals surface area contributed by atoms with Crippen LogP contribution >= 0.6 is 0 Å². The van der Waals surface area contributed by atoms with Crippen molar-refractivity contribution in [1.82, 2.24) is 4.90 Å².